The van der Waals surface area contributed by atoms with E-state index in [-0.39, 0.29) is 11.5 Å². The van der Waals surface area contributed by atoms with Crippen molar-refractivity contribution in [2.45, 2.75) is 0 Å². The second kappa shape index (κ2) is 4.58. The van der Waals surface area contributed by atoms with Crippen molar-refractivity contribution in [1.29, 1.82) is 0 Å². The first-order valence-corrected chi connectivity index (χ1v) is 5.43. The highest BCUT2D eigenvalue weighted by Crippen LogP contribution is 2.08. The fraction of sp³-hybridized carbons (Fsp3) is 0.455. The molecule has 2 rings (SSSR count). The molecule has 0 spiro atoms. The topological polar surface area (TPSA) is 67.3 Å². The molecule has 0 unspecified atom stereocenters. The number of H-pyrrole nitrogens is 1. The second-order valence-corrected chi connectivity index (χ2v) is 3.87. The molecule has 0 radical (unpaired) electrons. The van der Waals surface area contributed by atoms with Gasteiger partial charge in [0.2, 0.25) is 0 Å². The van der Waals surface area contributed by atoms with Gasteiger partial charge in [-0.05, 0) is 0 Å². The summed E-state index contributed by atoms with van der Waals surface area (Å²) in [6, 6.07) is 0. The third kappa shape index (κ3) is 2.03. The van der Waals surface area contributed by atoms with Gasteiger partial charge in [0.15, 0.2) is 0 Å². The summed E-state index contributed by atoms with van der Waals surface area (Å²) >= 11 is 0. The Hall–Kier alpha value is -1.82. The Morgan fingerprint density at radius 1 is 1.47 bits per heavy atom. The molecule has 0 bridgehead atoms. The minimum absolute atomic E-state index is 0.180. The number of carbonyl (C=O) groups excluding carboxylic acids is 1. The molecule has 1 saturated heterocycles. The quantitative estimate of drug-likeness (QED) is 0.776. The Morgan fingerprint density at radius 2 is 2.12 bits per heavy atom. The van der Waals surface area contributed by atoms with Gasteiger partial charge in [-0.15, -0.1) is 0 Å². The third-order valence-electron chi connectivity index (χ3n) is 2.80. The van der Waals surface area contributed by atoms with E-state index in [9.17, 15) is 9.59 Å². The number of hydrogen-bond donors (Lipinski definition) is 1. The number of aromatic amines is 1. The van der Waals surface area contributed by atoms with Crippen LogP contribution in [0.5, 0.6) is 0 Å². The molecule has 17 heavy (non-hydrogen) atoms. The Balaban J connectivity index is 2.33. The molecule has 0 saturated carbocycles. The zero-order valence-corrected chi connectivity index (χ0v) is 9.73. The number of aromatic nitrogens is 2. The van der Waals surface area contributed by atoms with E-state index in [4.69, 9.17) is 4.74 Å². The van der Waals surface area contributed by atoms with Gasteiger partial charge < -0.3 is 9.64 Å². The van der Waals surface area contributed by atoms with Crippen LogP contribution in [0, 0.1) is 0 Å². The van der Waals surface area contributed by atoms with E-state index >= 15 is 0 Å². The van der Waals surface area contributed by atoms with Gasteiger partial charge in [0.05, 0.1) is 18.8 Å². The molecule has 0 aromatic carbocycles. The number of hydrogen-bond acceptors (Lipinski definition) is 3. The van der Waals surface area contributed by atoms with Crippen molar-refractivity contribution in [1.82, 2.24) is 14.7 Å². The highest BCUT2D eigenvalue weighted by atomic mass is 16.5. The number of rotatable bonds is 2. The van der Waals surface area contributed by atoms with Crippen molar-refractivity contribution in [3.8, 4) is 0 Å². The molecule has 6 nitrogen and oxygen atoms in total. The molecule has 1 aliphatic heterocycles. The summed E-state index contributed by atoms with van der Waals surface area (Å²) in [5, 5.41) is 2.76. The molecule has 92 valence electrons. The molecule has 1 aliphatic rings. The Morgan fingerprint density at radius 3 is 2.71 bits per heavy atom. The number of nitrogens with zero attached hydrogens (tertiary/aromatic N) is 2. The SMILES string of the molecule is C=Cc1c(C(=O)N2CCOCC2)[nH]n(C)c1=O. The van der Waals surface area contributed by atoms with E-state index in [0.29, 0.717) is 37.6 Å². The van der Waals surface area contributed by atoms with Crippen LogP contribution in [0.15, 0.2) is 11.4 Å². The monoisotopic (exact) mass is 237 g/mol. The van der Waals surface area contributed by atoms with Crippen molar-refractivity contribution in [2.75, 3.05) is 26.3 Å². The fourth-order valence-corrected chi connectivity index (χ4v) is 1.84. The van der Waals surface area contributed by atoms with Crippen LogP contribution in [-0.4, -0.2) is 46.9 Å². The smallest absolute Gasteiger partial charge is 0.274 e. The van der Waals surface area contributed by atoms with Crippen LogP contribution in [0.3, 0.4) is 0 Å². The summed E-state index contributed by atoms with van der Waals surface area (Å²) < 4.78 is 6.46. The molecule has 1 amide bonds. The summed E-state index contributed by atoms with van der Waals surface area (Å²) in [5.74, 6) is -0.180. The highest BCUT2D eigenvalue weighted by molar-refractivity contribution is 5.95. The second-order valence-electron chi connectivity index (χ2n) is 3.87. The van der Waals surface area contributed by atoms with Crippen LogP contribution in [0.1, 0.15) is 16.1 Å². The van der Waals surface area contributed by atoms with Gasteiger partial charge in [-0.2, -0.15) is 0 Å². The molecule has 0 atom stereocenters. The van der Waals surface area contributed by atoms with Crippen molar-refractivity contribution < 1.29 is 9.53 Å². The van der Waals surface area contributed by atoms with Gasteiger partial charge in [0.25, 0.3) is 11.5 Å². The molecule has 1 aromatic rings. The molecule has 1 N–H and O–H groups in total. The Bertz CT molecular complexity index is 495. The average Bonchev–Trinajstić information content (AvgIpc) is 2.65. The number of amides is 1. The van der Waals surface area contributed by atoms with Gasteiger partial charge in [-0.25, -0.2) is 0 Å². The molecule has 1 fully saturated rings. The van der Waals surface area contributed by atoms with E-state index < -0.39 is 0 Å². The van der Waals surface area contributed by atoms with Gasteiger partial charge in [-0.1, -0.05) is 12.7 Å². The standard InChI is InChI=1S/C11H15N3O3/c1-3-8-9(12-13(2)10(8)15)11(16)14-4-6-17-7-5-14/h3,12H,1,4-7H2,2H3. The lowest BCUT2D eigenvalue weighted by Gasteiger charge is -2.26. The number of aryl methyl sites for hydroxylation is 1. The number of morpholine rings is 1. The van der Waals surface area contributed by atoms with E-state index in [0.717, 1.165) is 0 Å². The Labute approximate surface area is 98.5 Å². The largest absolute Gasteiger partial charge is 0.378 e. The van der Waals surface area contributed by atoms with E-state index in [1.165, 1.54) is 10.8 Å². The van der Waals surface area contributed by atoms with Gasteiger partial charge in [-0.3, -0.25) is 19.4 Å². The van der Waals surface area contributed by atoms with Gasteiger partial charge in [0, 0.05) is 20.1 Å². The molecule has 2 heterocycles. The highest BCUT2D eigenvalue weighted by Gasteiger charge is 2.23. The zero-order valence-electron chi connectivity index (χ0n) is 9.73. The lowest BCUT2D eigenvalue weighted by Crippen LogP contribution is -2.41. The minimum Gasteiger partial charge on any atom is -0.378 e. The normalized spacial score (nSPS) is 15.9. The molecular weight excluding hydrogens is 222 g/mol. The van der Waals surface area contributed by atoms with Crippen LogP contribution >= 0.6 is 0 Å². The van der Waals surface area contributed by atoms with Crippen molar-refractivity contribution in [3.63, 3.8) is 0 Å². The fourth-order valence-electron chi connectivity index (χ4n) is 1.84. The van der Waals surface area contributed by atoms with Crippen LogP contribution in [-0.2, 0) is 11.8 Å². The van der Waals surface area contributed by atoms with Crippen molar-refractivity contribution in [2.24, 2.45) is 7.05 Å². The van der Waals surface area contributed by atoms with Crippen LogP contribution in [0.25, 0.3) is 6.08 Å². The first-order valence-electron chi connectivity index (χ1n) is 5.43. The maximum absolute atomic E-state index is 12.2. The summed E-state index contributed by atoms with van der Waals surface area (Å²) in [6.45, 7) is 5.73. The van der Waals surface area contributed by atoms with Gasteiger partial charge in [0.1, 0.15) is 5.69 Å². The van der Waals surface area contributed by atoms with E-state index in [1.807, 2.05) is 0 Å². The zero-order chi connectivity index (χ0) is 12.4. The van der Waals surface area contributed by atoms with Crippen molar-refractivity contribution in [3.05, 3.63) is 28.2 Å². The molecule has 6 heteroatoms. The predicted molar refractivity (Wildman–Crippen MR) is 62.8 cm³/mol. The maximum atomic E-state index is 12.2. The average molecular weight is 237 g/mol. The summed E-state index contributed by atoms with van der Waals surface area (Å²) in [6.07, 6.45) is 1.41. The van der Waals surface area contributed by atoms with Crippen LogP contribution < -0.4 is 5.56 Å². The first-order chi connectivity index (χ1) is 8.15. The summed E-state index contributed by atoms with van der Waals surface area (Å²) in [7, 11) is 1.57. The molecular formula is C11H15N3O3. The molecule has 1 aromatic heterocycles. The van der Waals surface area contributed by atoms with E-state index in [2.05, 4.69) is 11.7 Å². The van der Waals surface area contributed by atoms with Crippen LogP contribution in [0.2, 0.25) is 0 Å². The lowest BCUT2D eigenvalue weighted by molar-refractivity contribution is 0.0298. The first kappa shape index (κ1) is 11.7. The molecule has 0 aliphatic carbocycles. The van der Waals surface area contributed by atoms with Crippen LogP contribution in [0.4, 0.5) is 0 Å². The number of nitrogens with one attached hydrogen (secondary N) is 1. The third-order valence-corrected chi connectivity index (χ3v) is 2.80. The number of carbonyl (C=O) groups is 1. The lowest BCUT2D eigenvalue weighted by atomic mass is 10.2. The Kier molecular flexibility index (Phi) is 3.14. The summed E-state index contributed by atoms with van der Waals surface area (Å²) in [4.78, 5) is 25.5. The van der Waals surface area contributed by atoms with E-state index in [1.54, 1.807) is 11.9 Å². The summed E-state index contributed by atoms with van der Waals surface area (Å²) in [5.41, 5.74) is 0.384. The minimum atomic E-state index is -0.239. The maximum Gasteiger partial charge on any atom is 0.274 e. The van der Waals surface area contributed by atoms with Gasteiger partial charge >= 0.3 is 0 Å². The number of ether oxygens (including phenoxy) is 1. The van der Waals surface area contributed by atoms with Crippen molar-refractivity contribution >= 4 is 12.0 Å². The predicted octanol–water partition coefficient (Wildman–Crippen LogP) is -0.171.